The molecule has 1 aromatic carbocycles. The van der Waals surface area contributed by atoms with Crippen molar-refractivity contribution in [1.82, 2.24) is 5.06 Å². The topological polar surface area (TPSA) is 36.3 Å². The van der Waals surface area contributed by atoms with E-state index in [0.29, 0.717) is 11.6 Å². The van der Waals surface area contributed by atoms with Crippen molar-refractivity contribution in [2.24, 2.45) is 0 Å². The van der Waals surface area contributed by atoms with Gasteiger partial charge in [-0.2, -0.15) is 10.3 Å². The minimum atomic E-state index is 0.356. The standard InChI is InChI=1S/C20H30N2O/c1-4-6-7-8-9-11-20(10-5-2)22(23-3)17-19-14-12-18(16-21)13-15-19/h5,12-15,20H,2,4,6-11,17H2,1,3H3. The van der Waals surface area contributed by atoms with E-state index in [-0.39, 0.29) is 0 Å². The van der Waals surface area contributed by atoms with Gasteiger partial charge in [-0.25, -0.2) is 0 Å². The number of nitrogens with zero attached hydrogens (tertiary/aromatic N) is 2. The summed E-state index contributed by atoms with van der Waals surface area (Å²) in [5.41, 5.74) is 1.85. The Bertz CT molecular complexity index is 475. The summed E-state index contributed by atoms with van der Waals surface area (Å²) in [4.78, 5) is 5.62. The fourth-order valence-electron chi connectivity index (χ4n) is 2.76. The molecule has 126 valence electrons. The fourth-order valence-corrected chi connectivity index (χ4v) is 2.76. The van der Waals surface area contributed by atoms with Gasteiger partial charge >= 0.3 is 0 Å². The molecule has 0 amide bonds. The van der Waals surface area contributed by atoms with Gasteiger partial charge in [-0.1, -0.05) is 57.2 Å². The SMILES string of the molecule is C=CCC(CCCCCCC)N(Cc1ccc(C#N)cc1)OC. The van der Waals surface area contributed by atoms with Gasteiger partial charge in [0.2, 0.25) is 0 Å². The average Bonchev–Trinajstić information content (AvgIpc) is 2.59. The van der Waals surface area contributed by atoms with Crippen LogP contribution in [0, 0.1) is 11.3 Å². The molecule has 1 atom stereocenters. The molecule has 0 aromatic heterocycles. The maximum Gasteiger partial charge on any atom is 0.0991 e. The summed E-state index contributed by atoms with van der Waals surface area (Å²) in [6, 6.07) is 10.2. The van der Waals surface area contributed by atoms with Gasteiger partial charge in [0.1, 0.15) is 0 Å². The Labute approximate surface area is 141 Å². The molecular weight excluding hydrogens is 284 g/mol. The molecule has 0 heterocycles. The maximum atomic E-state index is 8.88. The monoisotopic (exact) mass is 314 g/mol. The molecule has 0 aliphatic heterocycles. The zero-order valence-corrected chi connectivity index (χ0v) is 14.6. The van der Waals surface area contributed by atoms with Crippen LogP contribution < -0.4 is 0 Å². The van der Waals surface area contributed by atoms with Gasteiger partial charge in [0.15, 0.2) is 0 Å². The molecule has 1 unspecified atom stereocenters. The molecule has 1 aromatic rings. The Kier molecular flexibility index (Phi) is 10.0. The van der Waals surface area contributed by atoms with E-state index in [9.17, 15) is 0 Å². The summed E-state index contributed by atoms with van der Waals surface area (Å²) in [6.07, 6.45) is 10.5. The van der Waals surface area contributed by atoms with Gasteiger partial charge in [0, 0.05) is 12.6 Å². The Morgan fingerprint density at radius 2 is 1.91 bits per heavy atom. The van der Waals surface area contributed by atoms with E-state index in [1.165, 1.54) is 32.1 Å². The predicted molar refractivity (Wildman–Crippen MR) is 95.7 cm³/mol. The number of hydrogen-bond donors (Lipinski definition) is 0. The summed E-state index contributed by atoms with van der Waals surface area (Å²) in [5.74, 6) is 0. The minimum Gasteiger partial charge on any atom is -0.302 e. The Morgan fingerprint density at radius 1 is 1.22 bits per heavy atom. The van der Waals surface area contributed by atoms with Gasteiger partial charge in [-0.05, 0) is 30.5 Å². The molecule has 0 aliphatic rings. The molecule has 23 heavy (non-hydrogen) atoms. The highest BCUT2D eigenvalue weighted by molar-refractivity contribution is 5.31. The first-order valence-electron chi connectivity index (χ1n) is 8.65. The lowest BCUT2D eigenvalue weighted by Gasteiger charge is -2.29. The molecule has 3 heteroatoms. The maximum absolute atomic E-state index is 8.88. The van der Waals surface area contributed by atoms with Crippen LogP contribution in [0.5, 0.6) is 0 Å². The number of hydroxylamine groups is 2. The van der Waals surface area contributed by atoms with Crippen molar-refractivity contribution in [2.45, 2.75) is 64.5 Å². The second kappa shape index (κ2) is 11.9. The summed E-state index contributed by atoms with van der Waals surface area (Å²) >= 11 is 0. The smallest absolute Gasteiger partial charge is 0.0991 e. The summed E-state index contributed by atoms with van der Waals surface area (Å²) in [6.45, 7) is 6.86. The second-order valence-corrected chi connectivity index (χ2v) is 5.95. The van der Waals surface area contributed by atoms with Crippen LogP contribution in [0.15, 0.2) is 36.9 Å². The van der Waals surface area contributed by atoms with E-state index >= 15 is 0 Å². The minimum absolute atomic E-state index is 0.356. The Hall–Kier alpha value is -1.63. The number of unbranched alkanes of at least 4 members (excludes halogenated alkanes) is 4. The quantitative estimate of drug-likeness (QED) is 0.301. The van der Waals surface area contributed by atoms with Crippen LogP contribution in [0.1, 0.15) is 63.0 Å². The van der Waals surface area contributed by atoms with Gasteiger partial charge in [-0.3, -0.25) is 0 Å². The molecule has 1 rings (SSSR count). The zero-order chi connectivity index (χ0) is 16.9. The van der Waals surface area contributed by atoms with Crippen LogP contribution in [-0.2, 0) is 11.4 Å². The third kappa shape index (κ3) is 7.45. The van der Waals surface area contributed by atoms with Crippen LogP contribution in [-0.4, -0.2) is 18.2 Å². The van der Waals surface area contributed by atoms with Crippen molar-refractivity contribution >= 4 is 0 Å². The summed E-state index contributed by atoms with van der Waals surface area (Å²) in [5, 5.41) is 10.9. The molecule has 0 fully saturated rings. The van der Waals surface area contributed by atoms with Crippen molar-refractivity contribution in [2.75, 3.05) is 7.11 Å². The molecule has 0 radical (unpaired) electrons. The molecule has 0 aliphatic carbocycles. The van der Waals surface area contributed by atoms with Crippen LogP contribution in [0.3, 0.4) is 0 Å². The second-order valence-electron chi connectivity index (χ2n) is 5.95. The van der Waals surface area contributed by atoms with E-state index in [4.69, 9.17) is 10.1 Å². The predicted octanol–water partition coefficient (Wildman–Crippen LogP) is 5.23. The van der Waals surface area contributed by atoms with Gasteiger partial charge in [-0.15, -0.1) is 6.58 Å². The highest BCUT2D eigenvalue weighted by Gasteiger charge is 2.17. The average molecular weight is 314 g/mol. The third-order valence-corrected chi connectivity index (χ3v) is 4.14. The normalized spacial score (nSPS) is 12.1. The van der Waals surface area contributed by atoms with Crippen molar-refractivity contribution in [3.8, 4) is 6.07 Å². The van der Waals surface area contributed by atoms with Crippen molar-refractivity contribution in [3.63, 3.8) is 0 Å². The van der Waals surface area contributed by atoms with E-state index in [2.05, 4.69) is 19.6 Å². The van der Waals surface area contributed by atoms with Gasteiger partial charge in [0.05, 0.1) is 18.7 Å². The summed E-state index contributed by atoms with van der Waals surface area (Å²) < 4.78 is 0. The molecule has 3 nitrogen and oxygen atoms in total. The first-order valence-corrected chi connectivity index (χ1v) is 8.65. The largest absolute Gasteiger partial charge is 0.302 e. The number of nitriles is 1. The summed E-state index contributed by atoms with van der Waals surface area (Å²) in [7, 11) is 1.73. The zero-order valence-electron chi connectivity index (χ0n) is 14.6. The highest BCUT2D eigenvalue weighted by atomic mass is 16.7. The van der Waals surface area contributed by atoms with E-state index < -0.39 is 0 Å². The molecule has 0 spiro atoms. The van der Waals surface area contributed by atoms with E-state index in [0.717, 1.165) is 24.9 Å². The van der Waals surface area contributed by atoms with Crippen LogP contribution in [0.4, 0.5) is 0 Å². The lowest BCUT2D eigenvalue weighted by molar-refractivity contribution is -0.170. The van der Waals surface area contributed by atoms with Crippen molar-refractivity contribution in [3.05, 3.63) is 48.0 Å². The van der Waals surface area contributed by atoms with Crippen molar-refractivity contribution in [1.29, 1.82) is 5.26 Å². The van der Waals surface area contributed by atoms with Crippen LogP contribution in [0.2, 0.25) is 0 Å². The van der Waals surface area contributed by atoms with Gasteiger partial charge < -0.3 is 4.84 Å². The number of rotatable bonds is 12. The first-order chi connectivity index (χ1) is 11.2. The van der Waals surface area contributed by atoms with Gasteiger partial charge in [0.25, 0.3) is 0 Å². The van der Waals surface area contributed by atoms with E-state index in [1.54, 1.807) is 7.11 Å². The lowest BCUT2D eigenvalue weighted by atomic mass is 10.0. The van der Waals surface area contributed by atoms with E-state index in [1.807, 2.05) is 35.4 Å². The molecule has 0 saturated carbocycles. The van der Waals surface area contributed by atoms with Crippen LogP contribution >= 0.6 is 0 Å². The third-order valence-electron chi connectivity index (χ3n) is 4.14. The molecule has 0 bridgehead atoms. The molecular formula is C20H30N2O. The Balaban J connectivity index is 2.57. The fraction of sp³-hybridized carbons (Fsp3) is 0.550. The van der Waals surface area contributed by atoms with Crippen LogP contribution in [0.25, 0.3) is 0 Å². The molecule has 0 N–H and O–H groups in total. The molecule has 0 saturated heterocycles. The highest BCUT2D eigenvalue weighted by Crippen LogP contribution is 2.18. The first kappa shape index (κ1) is 19.4. The lowest BCUT2D eigenvalue weighted by Crippen LogP contribution is -2.33. The Morgan fingerprint density at radius 3 is 2.48 bits per heavy atom. The van der Waals surface area contributed by atoms with Crippen molar-refractivity contribution < 1.29 is 4.84 Å². The number of hydrogen-bond acceptors (Lipinski definition) is 3. The number of benzene rings is 1.